The summed E-state index contributed by atoms with van der Waals surface area (Å²) in [5, 5.41) is 3.45. The summed E-state index contributed by atoms with van der Waals surface area (Å²) >= 11 is 0. The maximum atomic E-state index is 5.77. The number of nitrogens with one attached hydrogen (secondary N) is 1. The number of para-hydroxylation sites is 1. The van der Waals surface area contributed by atoms with E-state index in [2.05, 4.69) is 17.4 Å². The predicted molar refractivity (Wildman–Crippen MR) is 94.6 cm³/mol. The van der Waals surface area contributed by atoms with Gasteiger partial charge in [0.05, 0.1) is 6.10 Å². The summed E-state index contributed by atoms with van der Waals surface area (Å²) in [4.78, 5) is 0. The summed E-state index contributed by atoms with van der Waals surface area (Å²) in [5.74, 6) is 1.75. The van der Waals surface area contributed by atoms with Crippen LogP contribution in [0.4, 0.5) is 0 Å². The van der Waals surface area contributed by atoms with Crippen LogP contribution < -0.4 is 14.8 Å². The van der Waals surface area contributed by atoms with Gasteiger partial charge in [-0.1, -0.05) is 30.3 Å². The van der Waals surface area contributed by atoms with Crippen LogP contribution in [0.1, 0.15) is 18.4 Å². The molecule has 2 aromatic rings. The van der Waals surface area contributed by atoms with E-state index in [0.29, 0.717) is 19.3 Å². The Balaban J connectivity index is 1.36. The Labute approximate surface area is 143 Å². The van der Waals surface area contributed by atoms with Crippen molar-refractivity contribution < 1.29 is 14.2 Å². The van der Waals surface area contributed by atoms with Gasteiger partial charge in [-0.15, -0.1) is 0 Å². The van der Waals surface area contributed by atoms with Crippen LogP contribution in [-0.4, -0.2) is 32.5 Å². The maximum absolute atomic E-state index is 5.77. The van der Waals surface area contributed by atoms with Crippen molar-refractivity contribution in [2.45, 2.75) is 25.5 Å². The lowest BCUT2D eigenvalue weighted by molar-refractivity contribution is 0.110. The molecule has 1 unspecified atom stereocenters. The van der Waals surface area contributed by atoms with Crippen molar-refractivity contribution in [3.63, 3.8) is 0 Å². The van der Waals surface area contributed by atoms with Gasteiger partial charge in [0.2, 0.25) is 0 Å². The van der Waals surface area contributed by atoms with Gasteiger partial charge in [-0.3, -0.25) is 0 Å². The highest BCUT2D eigenvalue weighted by atomic mass is 16.5. The van der Waals surface area contributed by atoms with Gasteiger partial charge < -0.3 is 19.5 Å². The zero-order valence-electron chi connectivity index (χ0n) is 13.9. The van der Waals surface area contributed by atoms with Crippen molar-refractivity contribution in [3.05, 3.63) is 60.2 Å². The molecule has 1 atom stereocenters. The van der Waals surface area contributed by atoms with Crippen LogP contribution in [0, 0.1) is 0 Å². The quantitative estimate of drug-likeness (QED) is 0.717. The Bertz CT molecular complexity index is 597. The molecule has 0 aromatic heterocycles. The number of rotatable bonds is 9. The fraction of sp³-hybridized carbons (Fsp3) is 0.400. The molecule has 0 spiro atoms. The first-order chi connectivity index (χ1) is 11.9. The van der Waals surface area contributed by atoms with E-state index in [0.717, 1.165) is 37.6 Å². The fourth-order valence-electron chi connectivity index (χ4n) is 2.76. The van der Waals surface area contributed by atoms with Gasteiger partial charge >= 0.3 is 0 Å². The van der Waals surface area contributed by atoms with Gasteiger partial charge in [0, 0.05) is 19.7 Å². The minimum Gasteiger partial charge on any atom is -0.490 e. The molecule has 1 fully saturated rings. The van der Waals surface area contributed by atoms with Crippen molar-refractivity contribution >= 4 is 0 Å². The monoisotopic (exact) mass is 327 g/mol. The van der Waals surface area contributed by atoms with Crippen molar-refractivity contribution in [1.29, 1.82) is 0 Å². The molecule has 0 amide bonds. The van der Waals surface area contributed by atoms with E-state index in [1.165, 1.54) is 12.0 Å². The summed E-state index contributed by atoms with van der Waals surface area (Å²) in [6.45, 7) is 3.71. The first-order valence-electron chi connectivity index (χ1n) is 8.62. The van der Waals surface area contributed by atoms with Gasteiger partial charge in [0.25, 0.3) is 0 Å². The number of ether oxygens (including phenoxy) is 3. The SMILES string of the molecule is c1ccc(OCCOc2cccc(CNCC3CCCO3)c2)cc1. The zero-order valence-corrected chi connectivity index (χ0v) is 13.9. The second kappa shape index (κ2) is 9.30. The highest BCUT2D eigenvalue weighted by Crippen LogP contribution is 2.15. The van der Waals surface area contributed by atoms with E-state index in [1.54, 1.807) is 0 Å². The summed E-state index contributed by atoms with van der Waals surface area (Å²) in [7, 11) is 0. The zero-order chi connectivity index (χ0) is 16.5. The van der Waals surface area contributed by atoms with Gasteiger partial charge in [-0.25, -0.2) is 0 Å². The molecule has 4 heteroatoms. The smallest absolute Gasteiger partial charge is 0.122 e. The molecule has 1 saturated heterocycles. The van der Waals surface area contributed by atoms with E-state index >= 15 is 0 Å². The third kappa shape index (κ3) is 5.55. The summed E-state index contributed by atoms with van der Waals surface area (Å²) < 4.78 is 17.0. The van der Waals surface area contributed by atoms with Crippen LogP contribution in [0.5, 0.6) is 11.5 Å². The van der Waals surface area contributed by atoms with Gasteiger partial charge in [0.15, 0.2) is 0 Å². The molecule has 24 heavy (non-hydrogen) atoms. The highest BCUT2D eigenvalue weighted by molar-refractivity contribution is 5.28. The molecule has 1 heterocycles. The highest BCUT2D eigenvalue weighted by Gasteiger charge is 2.14. The topological polar surface area (TPSA) is 39.7 Å². The standard InChI is InChI=1S/C20H25NO3/c1-2-7-18(8-3-1)23-12-13-24-19-9-4-6-17(14-19)15-21-16-20-10-5-11-22-20/h1-4,6-9,14,20-21H,5,10-13,15-16H2. The van der Waals surface area contributed by atoms with E-state index in [4.69, 9.17) is 14.2 Å². The van der Waals surface area contributed by atoms with Gasteiger partial charge in [-0.2, -0.15) is 0 Å². The molecule has 0 saturated carbocycles. The Morgan fingerprint density at radius 2 is 1.75 bits per heavy atom. The molecule has 128 valence electrons. The van der Waals surface area contributed by atoms with Crippen molar-refractivity contribution in [2.24, 2.45) is 0 Å². The molecule has 3 rings (SSSR count). The fourth-order valence-corrected chi connectivity index (χ4v) is 2.76. The molecule has 1 N–H and O–H groups in total. The molecule has 1 aliphatic heterocycles. The normalized spacial score (nSPS) is 16.9. The van der Waals surface area contributed by atoms with Crippen LogP contribution in [0.25, 0.3) is 0 Å². The second-order valence-corrected chi connectivity index (χ2v) is 5.92. The summed E-state index contributed by atoms with van der Waals surface area (Å²) in [5.41, 5.74) is 1.22. The van der Waals surface area contributed by atoms with Gasteiger partial charge in [0.1, 0.15) is 24.7 Å². The Kier molecular flexibility index (Phi) is 6.51. The lowest BCUT2D eigenvalue weighted by Gasteiger charge is -2.12. The molecule has 2 aromatic carbocycles. The van der Waals surface area contributed by atoms with Gasteiger partial charge in [-0.05, 0) is 42.7 Å². The number of hydrogen-bond donors (Lipinski definition) is 1. The second-order valence-electron chi connectivity index (χ2n) is 5.92. The molecular weight excluding hydrogens is 302 g/mol. The van der Waals surface area contributed by atoms with Crippen LogP contribution in [0.15, 0.2) is 54.6 Å². The third-order valence-corrected chi connectivity index (χ3v) is 3.99. The summed E-state index contributed by atoms with van der Waals surface area (Å²) in [6.07, 6.45) is 2.72. The minimum absolute atomic E-state index is 0.375. The Hall–Kier alpha value is -2.04. The Morgan fingerprint density at radius 3 is 2.54 bits per heavy atom. The number of hydrogen-bond acceptors (Lipinski definition) is 4. The lowest BCUT2D eigenvalue weighted by atomic mass is 10.2. The van der Waals surface area contributed by atoms with Crippen molar-refractivity contribution in [2.75, 3.05) is 26.4 Å². The molecule has 0 bridgehead atoms. The van der Waals surface area contributed by atoms with Crippen LogP contribution in [0.3, 0.4) is 0 Å². The predicted octanol–water partition coefficient (Wildman–Crippen LogP) is 3.41. The lowest BCUT2D eigenvalue weighted by Crippen LogP contribution is -2.25. The average Bonchev–Trinajstić information content (AvgIpc) is 3.14. The maximum Gasteiger partial charge on any atom is 0.122 e. The van der Waals surface area contributed by atoms with E-state index in [9.17, 15) is 0 Å². The first kappa shape index (κ1) is 16.8. The van der Waals surface area contributed by atoms with Crippen molar-refractivity contribution in [1.82, 2.24) is 5.32 Å². The Morgan fingerprint density at radius 1 is 0.958 bits per heavy atom. The van der Waals surface area contributed by atoms with Crippen LogP contribution in [-0.2, 0) is 11.3 Å². The first-order valence-corrected chi connectivity index (χ1v) is 8.62. The van der Waals surface area contributed by atoms with Crippen LogP contribution in [0.2, 0.25) is 0 Å². The molecular formula is C20H25NO3. The number of benzene rings is 2. The molecule has 0 aliphatic carbocycles. The summed E-state index contributed by atoms with van der Waals surface area (Å²) in [6, 6.07) is 18.0. The third-order valence-electron chi connectivity index (χ3n) is 3.99. The average molecular weight is 327 g/mol. The van der Waals surface area contributed by atoms with Crippen LogP contribution >= 0.6 is 0 Å². The molecule has 1 aliphatic rings. The van der Waals surface area contributed by atoms with E-state index in [-0.39, 0.29) is 0 Å². The minimum atomic E-state index is 0.375. The van der Waals surface area contributed by atoms with Crippen molar-refractivity contribution in [3.8, 4) is 11.5 Å². The largest absolute Gasteiger partial charge is 0.490 e. The molecule has 0 radical (unpaired) electrons. The van der Waals surface area contributed by atoms with E-state index < -0.39 is 0 Å². The molecule has 4 nitrogen and oxygen atoms in total. The van der Waals surface area contributed by atoms with E-state index in [1.807, 2.05) is 42.5 Å².